The molecule has 0 radical (unpaired) electrons. The number of nitrogens with two attached hydrogens (primary N) is 1. The van der Waals surface area contributed by atoms with E-state index in [9.17, 15) is 9.59 Å². The first-order valence-corrected chi connectivity index (χ1v) is 10.5. The maximum Gasteiger partial charge on any atom is 0.306 e. The van der Waals surface area contributed by atoms with Crippen molar-refractivity contribution >= 4 is 28.9 Å². The number of nitrogen functional groups attached to an aromatic ring is 1. The minimum atomic E-state index is -0.644. The van der Waals surface area contributed by atoms with E-state index in [0.717, 1.165) is 25.7 Å². The number of nitrogens with zero attached hydrogens (tertiary/aromatic N) is 4. The van der Waals surface area contributed by atoms with Gasteiger partial charge in [0.15, 0.2) is 17.7 Å². The van der Waals surface area contributed by atoms with E-state index in [1.54, 1.807) is 10.9 Å². The van der Waals surface area contributed by atoms with Gasteiger partial charge in [-0.2, -0.15) is 0 Å². The van der Waals surface area contributed by atoms with Crippen LogP contribution in [0.3, 0.4) is 0 Å². The minimum Gasteiger partial charge on any atom is -0.463 e. The number of esters is 2. The van der Waals surface area contributed by atoms with E-state index < -0.39 is 18.4 Å². The van der Waals surface area contributed by atoms with Crippen molar-refractivity contribution in [3.05, 3.63) is 12.7 Å². The van der Waals surface area contributed by atoms with Crippen LogP contribution in [-0.4, -0.2) is 50.3 Å². The maximum absolute atomic E-state index is 12.2. The third-order valence-corrected chi connectivity index (χ3v) is 4.99. The Morgan fingerprint density at radius 1 is 1.17 bits per heavy atom. The number of carbonyl (C=O) groups is 2. The van der Waals surface area contributed by atoms with Crippen molar-refractivity contribution < 1.29 is 23.8 Å². The fourth-order valence-electron chi connectivity index (χ4n) is 3.36. The number of rotatable bonds is 10. The van der Waals surface area contributed by atoms with Crippen LogP contribution in [-0.2, 0) is 23.8 Å². The van der Waals surface area contributed by atoms with Crippen molar-refractivity contribution in [3.63, 3.8) is 0 Å². The highest BCUT2D eigenvalue weighted by molar-refractivity contribution is 5.81. The van der Waals surface area contributed by atoms with E-state index in [0.29, 0.717) is 30.4 Å². The van der Waals surface area contributed by atoms with Crippen molar-refractivity contribution in [3.8, 4) is 0 Å². The summed E-state index contributed by atoms with van der Waals surface area (Å²) in [6.07, 6.45) is 5.79. The molecule has 0 amide bonds. The highest BCUT2D eigenvalue weighted by atomic mass is 16.6. The van der Waals surface area contributed by atoms with Crippen molar-refractivity contribution in [1.82, 2.24) is 19.5 Å². The Kier molecular flexibility index (Phi) is 7.56. The summed E-state index contributed by atoms with van der Waals surface area (Å²) in [5.41, 5.74) is 6.82. The minimum absolute atomic E-state index is 0.103. The summed E-state index contributed by atoms with van der Waals surface area (Å²) in [5.74, 6) is -0.279. The standard InChI is InChI=1S/C20H29N5O5/c1-3-5-7-15(26)28-10-13-9-14(30-16(27)8-6-4-2)20(29-13)25-12-24-17-18(21)22-11-23-19(17)25/h11-14,20H,3-10H2,1-2H3,(H2,21,22,23)/t13-,14+,20+/m0/s1. The lowest BCUT2D eigenvalue weighted by Crippen LogP contribution is -2.25. The third-order valence-electron chi connectivity index (χ3n) is 4.99. The van der Waals surface area contributed by atoms with Crippen LogP contribution in [0.5, 0.6) is 0 Å². The average molecular weight is 419 g/mol. The van der Waals surface area contributed by atoms with Crippen LogP contribution < -0.4 is 5.73 Å². The third kappa shape index (κ3) is 5.24. The Labute approximate surface area is 175 Å². The zero-order chi connectivity index (χ0) is 21.5. The van der Waals surface area contributed by atoms with Gasteiger partial charge in [0.1, 0.15) is 24.6 Å². The van der Waals surface area contributed by atoms with Gasteiger partial charge in [0.25, 0.3) is 0 Å². The monoisotopic (exact) mass is 419 g/mol. The lowest BCUT2D eigenvalue weighted by atomic mass is 10.2. The Hall–Kier alpha value is -2.75. The average Bonchev–Trinajstić information content (AvgIpc) is 3.33. The number of carbonyl (C=O) groups excluding carboxylic acids is 2. The van der Waals surface area contributed by atoms with Crippen molar-refractivity contribution in [2.75, 3.05) is 12.3 Å². The van der Waals surface area contributed by atoms with E-state index in [4.69, 9.17) is 19.9 Å². The van der Waals surface area contributed by atoms with Gasteiger partial charge in [-0.3, -0.25) is 14.2 Å². The van der Waals surface area contributed by atoms with Crippen LogP contribution in [0, 0.1) is 0 Å². The lowest BCUT2D eigenvalue weighted by molar-refractivity contribution is -0.155. The first-order valence-electron chi connectivity index (χ1n) is 10.5. The second-order valence-corrected chi connectivity index (χ2v) is 7.39. The molecule has 164 valence electrons. The predicted octanol–water partition coefficient (Wildman–Crippen LogP) is 2.53. The van der Waals surface area contributed by atoms with Crippen LogP contribution in [0.4, 0.5) is 5.82 Å². The Bertz CT molecular complexity index is 870. The van der Waals surface area contributed by atoms with Gasteiger partial charge in [0, 0.05) is 19.3 Å². The van der Waals surface area contributed by atoms with Gasteiger partial charge in [-0.1, -0.05) is 26.7 Å². The molecular formula is C20H29N5O5. The summed E-state index contributed by atoms with van der Waals surface area (Å²) in [4.78, 5) is 36.6. The predicted molar refractivity (Wildman–Crippen MR) is 108 cm³/mol. The second kappa shape index (κ2) is 10.3. The first kappa shape index (κ1) is 21.9. The molecule has 0 aromatic carbocycles. The molecule has 1 fully saturated rings. The lowest BCUT2D eigenvalue weighted by Gasteiger charge is -2.20. The molecule has 0 bridgehead atoms. The van der Waals surface area contributed by atoms with E-state index in [1.165, 1.54) is 6.33 Å². The van der Waals surface area contributed by atoms with Gasteiger partial charge in [0.2, 0.25) is 0 Å². The van der Waals surface area contributed by atoms with Gasteiger partial charge in [-0.05, 0) is 12.8 Å². The molecule has 3 rings (SSSR count). The van der Waals surface area contributed by atoms with E-state index >= 15 is 0 Å². The summed E-state index contributed by atoms with van der Waals surface area (Å²) in [6, 6.07) is 0. The largest absolute Gasteiger partial charge is 0.463 e. The molecule has 3 atom stereocenters. The molecule has 0 unspecified atom stereocenters. The molecule has 30 heavy (non-hydrogen) atoms. The first-order chi connectivity index (χ1) is 14.5. The van der Waals surface area contributed by atoms with Gasteiger partial charge >= 0.3 is 11.9 Å². The molecule has 0 spiro atoms. The zero-order valence-electron chi connectivity index (χ0n) is 17.5. The number of hydrogen-bond acceptors (Lipinski definition) is 9. The normalized spacial score (nSPS) is 21.1. The molecule has 3 heterocycles. The van der Waals surface area contributed by atoms with Gasteiger partial charge in [-0.25, -0.2) is 15.0 Å². The Morgan fingerprint density at radius 3 is 2.63 bits per heavy atom. The molecule has 10 nitrogen and oxygen atoms in total. The summed E-state index contributed by atoms with van der Waals surface area (Å²) >= 11 is 0. The van der Waals surface area contributed by atoms with Gasteiger partial charge in [0.05, 0.1) is 12.4 Å². The molecule has 1 aliphatic rings. The molecule has 1 aliphatic heterocycles. The molecule has 10 heteroatoms. The number of imidazole rings is 1. The van der Waals surface area contributed by atoms with Crippen molar-refractivity contribution in [1.29, 1.82) is 0 Å². The molecule has 2 aromatic rings. The van der Waals surface area contributed by atoms with Gasteiger partial charge < -0.3 is 19.9 Å². The highest BCUT2D eigenvalue weighted by Gasteiger charge is 2.40. The van der Waals surface area contributed by atoms with Crippen LogP contribution >= 0.6 is 0 Å². The van der Waals surface area contributed by atoms with E-state index in [2.05, 4.69) is 15.0 Å². The zero-order valence-corrected chi connectivity index (χ0v) is 17.5. The second-order valence-electron chi connectivity index (χ2n) is 7.39. The van der Waals surface area contributed by atoms with Crippen LogP contribution in [0.15, 0.2) is 12.7 Å². The number of unbranched alkanes of at least 4 members (excludes halogenated alkanes) is 2. The number of fused-ring (bicyclic) bond motifs is 1. The molecule has 1 saturated heterocycles. The Balaban J connectivity index is 1.74. The van der Waals surface area contributed by atoms with Crippen LogP contribution in [0.1, 0.15) is 65.0 Å². The smallest absolute Gasteiger partial charge is 0.306 e. The number of hydrogen-bond donors (Lipinski definition) is 1. The number of anilines is 1. The van der Waals surface area contributed by atoms with Gasteiger partial charge in [-0.15, -0.1) is 0 Å². The number of ether oxygens (including phenoxy) is 3. The fourth-order valence-corrected chi connectivity index (χ4v) is 3.36. The summed E-state index contributed by atoms with van der Waals surface area (Å²) in [6.45, 7) is 4.13. The summed E-state index contributed by atoms with van der Waals surface area (Å²) in [7, 11) is 0. The van der Waals surface area contributed by atoms with Crippen LogP contribution in [0.25, 0.3) is 11.2 Å². The Morgan fingerprint density at radius 2 is 1.90 bits per heavy atom. The van der Waals surface area contributed by atoms with Crippen molar-refractivity contribution in [2.45, 2.75) is 77.2 Å². The van der Waals surface area contributed by atoms with Crippen LogP contribution in [0.2, 0.25) is 0 Å². The number of aromatic nitrogens is 4. The SMILES string of the molecule is CCCCC(=O)OC[C@@H]1C[C@@H](OC(=O)CCCC)[C@H](n2cnc3c(N)ncnc32)O1. The topological polar surface area (TPSA) is 131 Å². The fraction of sp³-hybridized carbons (Fsp3) is 0.650. The summed E-state index contributed by atoms with van der Waals surface area (Å²) < 4.78 is 18.8. The molecule has 0 saturated carbocycles. The van der Waals surface area contributed by atoms with E-state index in [1.807, 2.05) is 13.8 Å². The highest BCUT2D eigenvalue weighted by Crippen LogP contribution is 2.34. The molecule has 2 N–H and O–H groups in total. The molecule has 0 aliphatic carbocycles. The maximum atomic E-state index is 12.2. The van der Waals surface area contributed by atoms with Crippen molar-refractivity contribution in [2.24, 2.45) is 0 Å². The quantitative estimate of drug-likeness (QED) is 0.577. The van der Waals surface area contributed by atoms with E-state index in [-0.39, 0.29) is 24.4 Å². The summed E-state index contributed by atoms with van der Waals surface area (Å²) in [5, 5.41) is 0. The molecule has 2 aromatic heterocycles. The molecular weight excluding hydrogens is 390 g/mol.